The summed E-state index contributed by atoms with van der Waals surface area (Å²) in [5.41, 5.74) is 5.57. The third-order valence-corrected chi connectivity index (χ3v) is 6.67. The summed E-state index contributed by atoms with van der Waals surface area (Å²) < 4.78 is 6.30. The van der Waals surface area contributed by atoms with Crippen molar-refractivity contribution in [2.75, 3.05) is 19.6 Å². The average molecular weight is 473 g/mol. The Labute approximate surface area is 203 Å². The number of piperidine rings is 1. The molecule has 5 rings (SSSR count). The predicted molar refractivity (Wildman–Crippen MR) is 132 cm³/mol. The van der Waals surface area contributed by atoms with E-state index in [1.807, 2.05) is 73.7 Å². The van der Waals surface area contributed by atoms with Gasteiger partial charge in [-0.2, -0.15) is 0 Å². The van der Waals surface area contributed by atoms with Crippen LogP contribution in [0.2, 0.25) is 0 Å². The zero-order chi connectivity index (χ0) is 24.4. The number of carbonyl (C=O) groups is 2. The summed E-state index contributed by atoms with van der Waals surface area (Å²) in [5.74, 6) is -0.856. The summed E-state index contributed by atoms with van der Waals surface area (Å²) in [5, 5.41) is 13.5. The van der Waals surface area contributed by atoms with Gasteiger partial charge in [0, 0.05) is 36.8 Å². The van der Waals surface area contributed by atoms with Gasteiger partial charge in [-0.05, 0) is 36.6 Å². The number of nitrogens with zero attached hydrogens (tertiary/aromatic N) is 2. The molecule has 0 unspecified atom stereocenters. The first-order valence-corrected chi connectivity index (χ1v) is 11.8. The Kier molecular flexibility index (Phi) is 6.48. The van der Waals surface area contributed by atoms with Gasteiger partial charge in [-0.25, -0.2) is 5.48 Å². The summed E-state index contributed by atoms with van der Waals surface area (Å²) in [4.78, 5) is 32.3. The summed E-state index contributed by atoms with van der Waals surface area (Å²) in [6, 6.07) is 18.8. The van der Waals surface area contributed by atoms with E-state index in [2.05, 4.69) is 10.3 Å². The van der Waals surface area contributed by atoms with Gasteiger partial charge in [-0.1, -0.05) is 48.5 Å². The molecule has 3 N–H and O–H groups in total. The van der Waals surface area contributed by atoms with Crippen LogP contribution in [0.4, 0.5) is 0 Å². The molecule has 3 heterocycles. The monoisotopic (exact) mass is 472 g/mol. The molecule has 3 aromatic rings. The third kappa shape index (κ3) is 4.76. The molecule has 0 aliphatic carbocycles. The standard InChI is InChI=1S/C27H28N4O4/c1-17-13-24(21-9-5-6-10-23(21)29-17)35-20-14-22(26(32)30-34)25(28-15-20)27(33)31-12-11-19(16-31)18-7-3-2-4-8-18/h2-11,13,20,22,25,28,34H,12,14-16H2,1H3,(H,30,32)/t20-,22-,25-/m0/s1. The summed E-state index contributed by atoms with van der Waals surface area (Å²) >= 11 is 0. The minimum atomic E-state index is -0.777. The van der Waals surface area contributed by atoms with Crippen molar-refractivity contribution in [3.8, 4) is 5.75 Å². The van der Waals surface area contributed by atoms with Crippen molar-refractivity contribution in [1.29, 1.82) is 0 Å². The molecule has 2 amide bonds. The lowest BCUT2D eigenvalue weighted by Crippen LogP contribution is -2.60. The van der Waals surface area contributed by atoms with Gasteiger partial charge in [-0.3, -0.25) is 19.8 Å². The number of carbonyl (C=O) groups excluding carboxylic acids is 2. The van der Waals surface area contributed by atoms with Crippen LogP contribution in [0.3, 0.4) is 0 Å². The highest BCUT2D eigenvalue weighted by Crippen LogP contribution is 2.30. The van der Waals surface area contributed by atoms with Crippen LogP contribution < -0.4 is 15.5 Å². The molecule has 2 aliphatic rings. The number of ether oxygens (including phenoxy) is 1. The van der Waals surface area contributed by atoms with Crippen LogP contribution in [0.25, 0.3) is 16.5 Å². The molecule has 180 valence electrons. The zero-order valence-electron chi connectivity index (χ0n) is 19.5. The molecule has 1 saturated heterocycles. The number of amides is 2. The number of hydroxylamine groups is 1. The highest BCUT2D eigenvalue weighted by atomic mass is 16.5. The van der Waals surface area contributed by atoms with Crippen molar-refractivity contribution < 1.29 is 19.5 Å². The van der Waals surface area contributed by atoms with E-state index in [-0.39, 0.29) is 18.4 Å². The van der Waals surface area contributed by atoms with E-state index in [4.69, 9.17) is 4.74 Å². The van der Waals surface area contributed by atoms with Crippen LogP contribution in [0.5, 0.6) is 5.75 Å². The lowest BCUT2D eigenvalue weighted by molar-refractivity contribution is -0.144. The molecule has 8 heteroatoms. The number of hydrogen-bond donors (Lipinski definition) is 3. The van der Waals surface area contributed by atoms with Crippen LogP contribution in [0, 0.1) is 12.8 Å². The van der Waals surface area contributed by atoms with Gasteiger partial charge >= 0.3 is 0 Å². The maximum atomic E-state index is 13.4. The van der Waals surface area contributed by atoms with Crippen molar-refractivity contribution in [2.45, 2.75) is 25.5 Å². The molecule has 0 saturated carbocycles. The summed E-state index contributed by atoms with van der Waals surface area (Å²) in [6.07, 6.45) is 1.97. The number of rotatable bonds is 5. The number of aryl methyl sites for hydroxylation is 1. The highest BCUT2D eigenvalue weighted by Gasteiger charge is 2.42. The molecule has 35 heavy (non-hydrogen) atoms. The quantitative estimate of drug-likeness (QED) is 0.390. The van der Waals surface area contributed by atoms with E-state index in [0.29, 0.717) is 25.4 Å². The summed E-state index contributed by atoms with van der Waals surface area (Å²) in [6.45, 7) is 3.27. The third-order valence-electron chi connectivity index (χ3n) is 6.67. The zero-order valence-corrected chi connectivity index (χ0v) is 19.5. The fourth-order valence-electron chi connectivity index (χ4n) is 4.92. The van der Waals surface area contributed by atoms with Gasteiger partial charge in [-0.15, -0.1) is 0 Å². The number of fused-ring (bicyclic) bond motifs is 1. The van der Waals surface area contributed by atoms with Crippen LogP contribution in [0.1, 0.15) is 17.7 Å². The maximum absolute atomic E-state index is 13.4. The fourth-order valence-corrected chi connectivity index (χ4v) is 4.92. The van der Waals surface area contributed by atoms with Crippen LogP contribution in [0.15, 0.2) is 66.7 Å². The molecular weight excluding hydrogens is 444 g/mol. The van der Waals surface area contributed by atoms with Gasteiger partial charge in [0.25, 0.3) is 0 Å². The average Bonchev–Trinajstić information content (AvgIpc) is 3.39. The van der Waals surface area contributed by atoms with E-state index in [1.54, 1.807) is 10.4 Å². The van der Waals surface area contributed by atoms with Gasteiger partial charge in [0.05, 0.1) is 17.5 Å². The lowest BCUT2D eigenvalue weighted by atomic mass is 9.87. The van der Waals surface area contributed by atoms with Crippen molar-refractivity contribution in [1.82, 2.24) is 20.7 Å². The molecule has 8 nitrogen and oxygen atoms in total. The Bertz CT molecular complexity index is 1280. The number of hydrogen-bond acceptors (Lipinski definition) is 6. The molecule has 2 aromatic carbocycles. The first-order chi connectivity index (χ1) is 17.0. The lowest BCUT2D eigenvalue weighted by Gasteiger charge is -2.37. The minimum absolute atomic E-state index is 0.163. The smallest absolute Gasteiger partial charge is 0.248 e. The van der Waals surface area contributed by atoms with E-state index in [0.717, 1.165) is 27.7 Å². The Balaban J connectivity index is 1.30. The minimum Gasteiger partial charge on any atom is -0.488 e. The summed E-state index contributed by atoms with van der Waals surface area (Å²) in [7, 11) is 0. The Morgan fingerprint density at radius 1 is 1.14 bits per heavy atom. The normalized spacial score (nSPS) is 22.1. The second-order valence-electron chi connectivity index (χ2n) is 9.04. The van der Waals surface area contributed by atoms with Crippen molar-refractivity contribution in [3.63, 3.8) is 0 Å². The molecule has 0 spiro atoms. The number of pyridine rings is 1. The fraction of sp³-hybridized carbons (Fsp3) is 0.296. The van der Waals surface area contributed by atoms with Crippen LogP contribution >= 0.6 is 0 Å². The number of aromatic nitrogens is 1. The molecule has 0 bridgehead atoms. The number of nitrogens with one attached hydrogen (secondary N) is 2. The Morgan fingerprint density at radius 2 is 1.91 bits per heavy atom. The van der Waals surface area contributed by atoms with Crippen molar-refractivity contribution in [3.05, 3.63) is 78.0 Å². The predicted octanol–water partition coefficient (Wildman–Crippen LogP) is 2.70. The number of benzene rings is 2. The maximum Gasteiger partial charge on any atom is 0.248 e. The first-order valence-electron chi connectivity index (χ1n) is 11.8. The molecular formula is C27H28N4O4. The van der Waals surface area contributed by atoms with Crippen LogP contribution in [-0.2, 0) is 9.59 Å². The van der Waals surface area contributed by atoms with Gasteiger partial charge < -0.3 is 15.0 Å². The second kappa shape index (κ2) is 9.85. The van der Waals surface area contributed by atoms with Crippen molar-refractivity contribution >= 4 is 28.3 Å². The van der Waals surface area contributed by atoms with E-state index in [1.165, 1.54) is 0 Å². The van der Waals surface area contributed by atoms with Crippen molar-refractivity contribution in [2.24, 2.45) is 5.92 Å². The van der Waals surface area contributed by atoms with Gasteiger partial charge in [0.1, 0.15) is 11.9 Å². The molecule has 0 radical (unpaired) electrons. The molecule has 3 atom stereocenters. The molecule has 1 fully saturated rings. The second-order valence-corrected chi connectivity index (χ2v) is 9.04. The van der Waals surface area contributed by atoms with E-state index < -0.39 is 17.9 Å². The van der Waals surface area contributed by atoms with E-state index in [9.17, 15) is 14.8 Å². The van der Waals surface area contributed by atoms with Crippen LogP contribution in [-0.4, -0.2) is 58.7 Å². The van der Waals surface area contributed by atoms with Gasteiger partial charge in [0.15, 0.2) is 0 Å². The highest BCUT2D eigenvalue weighted by molar-refractivity contribution is 5.92. The molecule has 2 aliphatic heterocycles. The van der Waals surface area contributed by atoms with E-state index >= 15 is 0 Å². The Morgan fingerprint density at radius 3 is 2.71 bits per heavy atom. The largest absolute Gasteiger partial charge is 0.488 e. The molecule has 1 aromatic heterocycles. The SMILES string of the molecule is Cc1cc(O[C@@H]2CN[C@H](C(=O)N3CC=C(c4ccccc4)C3)[C@@H](C(=O)NO)C2)c2ccccc2n1. The first kappa shape index (κ1) is 23.0. The Hall–Kier alpha value is -3.75. The number of para-hydroxylation sites is 1. The van der Waals surface area contributed by atoms with Gasteiger partial charge in [0.2, 0.25) is 11.8 Å². The topological polar surface area (TPSA) is 104 Å².